The number of ether oxygens (including phenoxy) is 1. The summed E-state index contributed by atoms with van der Waals surface area (Å²) >= 11 is 0. The van der Waals surface area contributed by atoms with Gasteiger partial charge in [-0.05, 0) is 19.8 Å². The summed E-state index contributed by atoms with van der Waals surface area (Å²) < 4.78 is 6.74. The summed E-state index contributed by atoms with van der Waals surface area (Å²) in [6, 6.07) is 0.337. The lowest BCUT2D eigenvalue weighted by molar-refractivity contribution is 0.0518. The number of rotatable bonds is 4. The van der Waals surface area contributed by atoms with Crippen LogP contribution in [0.5, 0.6) is 0 Å². The zero-order chi connectivity index (χ0) is 12.3. The van der Waals surface area contributed by atoms with Crippen molar-refractivity contribution in [2.24, 2.45) is 5.73 Å². The van der Waals surface area contributed by atoms with Crippen molar-refractivity contribution in [3.05, 3.63) is 11.4 Å². The second kappa shape index (κ2) is 5.27. The molecule has 17 heavy (non-hydrogen) atoms. The van der Waals surface area contributed by atoms with Crippen LogP contribution in [0.3, 0.4) is 0 Å². The summed E-state index contributed by atoms with van der Waals surface area (Å²) in [4.78, 5) is 11.7. The molecule has 0 aliphatic heterocycles. The number of hydrogen-bond acceptors (Lipinski definition) is 5. The Morgan fingerprint density at radius 1 is 1.53 bits per heavy atom. The second-order valence-electron chi connectivity index (χ2n) is 4.19. The van der Waals surface area contributed by atoms with Crippen LogP contribution in [0.25, 0.3) is 0 Å². The number of nitrogens with two attached hydrogens (primary N) is 1. The summed E-state index contributed by atoms with van der Waals surface area (Å²) in [5.74, 6) is -0.433. The van der Waals surface area contributed by atoms with E-state index >= 15 is 0 Å². The molecule has 1 aliphatic rings. The van der Waals surface area contributed by atoms with Gasteiger partial charge in [-0.3, -0.25) is 0 Å². The van der Waals surface area contributed by atoms with E-state index in [1.165, 1.54) is 12.8 Å². The molecule has 1 aromatic heterocycles. The number of nitrogens with zero attached hydrogens (tertiary/aromatic N) is 3. The van der Waals surface area contributed by atoms with Gasteiger partial charge in [-0.2, -0.15) is 0 Å². The van der Waals surface area contributed by atoms with Crippen LogP contribution in [0.4, 0.5) is 0 Å². The van der Waals surface area contributed by atoms with E-state index in [9.17, 15) is 4.79 Å². The van der Waals surface area contributed by atoms with Crippen LogP contribution in [-0.2, 0) is 11.3 Å². The number of hydrogen-bond donors (Lipinski definition) is 1. The van der Waals surface area contributed by atoms with Crippen molar-refractivity contribution in [3.63, 3.8) is 0 Å². The van der Waals surface area contributed by atoms with Gasteiger partial charge in [-0.15, -0.1) is 5.10 Å². The standard InChI is InChI=1S/C11H18N4O2/c1-2-17-11(16)10-9(7-12)15(14-13-10)8-5-3-4-6-8/h8H,2-7,12H2,1H3. The average molecular weight is 238 g/mol. The third-order valence-corrected chi connectivity index (χ3v) is 3.12. The lowest BCUT2D eigenvalue weighted by Gasteiger charge is -2.12. The molecule has 1 aromatic rings. The maximum atomic E-state index is 11.7. The van der Waals surface area contributed by atoms with Gasteiger partial charge in [0, 0.05) is 6.54 Å². The molecule has 2 N–H and O–H groups in total. The topological polar surface area (TPSA) is 83.0 Å². The van der Waals surface area contributed by atoms with Gasteiger partial charge in [-0.1, -0.05) is 18.1 Å². The second-order valence-corrected chi connectivity index (χ2v) is 4.19. The Bertz CT molecular complexity index is 396. The van der Waals surface area contributed by atoms with Crippen LogP contribution >= 0.6 is 0 Å². The van der Waals surface area contributed by atoms with Gasteiger partial charge in [-0.25, -0.2) is 9.48 Å². The highest BCUT2D eigenvalue weighted by molar-refractivity contribution is 5.88. The fourth-order valence-electron chi connectivity index (χ4n) is 2.30. The van der Waals surface area contributed by atoms with Crippen LogP contribution in [0.1, 0.15) is 54.8 Å². The van der Waals surface area contributed by atoms with Crippen LogP contribution < -0.4 is 5.73 Å². The maximum absolute atomic E-state index is 11.7. The van der Waals surface area contributed by atoms with E-state index in [1.54, 1.807) is 11.6 Å². The lowest BCUT2D eigenvalue weighted by atomic mass is 10.2. The fourth-order valence-corrected chi connectivity index (χ4v) is 2.30. The highest BCUT2D eigenvalue weighted by Gasteiger charge is 2.25. The quantitative estimate of drug-likeness (QED) is 0.792. The summed E-state index contributed by atoms with van der Waals surface area (Å²) in [6.45, 7) is 2.36. The molecule has 6 heteroatoms. The number of carbonyl (C=O) groups excluding carboxylic acids is 1. The molecule has 0 amide bonds. The minimum Gasteiger partial charge on any atom is -0.461 e. The fraction of sp³-hybridized carbons (Fsp3) is 0.727. The molecular formula is C11H18N4O2. The number of carbonyl (C=O) groups is 1. The predicted molar refractivity (Wildman–Crippen MR) is 61.4 cm³/mol. The largest absolute Gasteiger partial charge is 0.461 e. The molecule has 1 fully saturated rings. The normalized spacial score (nSPS) is 16.4. The lowest BCUT2D eigenvalue weighted by Crippen LogP contribution is -2.16. The van der Waals surface area contributed by atoms with Crippen LogP contribution in [0.15, 0.2) is 0 Å². The minimum atomic E-state index is -0.433. The third kappa shape index (κ3) is 2.31. The van der Waals surface area contributed by atoms with Crippen LogP contribution in [0.2, 0.25) is 0 Å². The molecule has 1 saturated carbocycles. The van der Waals surface area contributed by atoms with Crippen molar-refractivity contribution in [1.82, 2.24) is 15.0 Å². The van der Waals surface area contributed by atoms with Gasteiger partial charge in [0.1, 0.15) is 0 Å². The third-order valence-electron chi connectivity index (χ3n) is 3.12. The van der Waals surface area contributed by atoms with Gasteiger partial charge < -0.3 is 10.5 Å². The Balaban J connectivity index is 2.25. The Morgan fingerprint density at radius 3 is 2.82 bits per heavy atom. The van der Waals surface area contributed by atoms with Gasteiger partial charge in [0.25, 0.3) is 0 Å². The molecule has 6 nitrogen and oxygen atoms in total. The predicted octanol–water partition coefficient (Wildman–Crippen LogP) is 1.03. The summed E-state index contributed by atoms with van der Waals surface area (Å²) in [7, 11) is 0. The van der Waals surface area contributed by atoms with E-state index in [4.69, 9.17) is 10.5 Å². The first-order valence-corrected chi connectivity index (χ1v) is 6.09. The molecule has 1 aliphatic carbocycles. The first-order chi connectivity index (χ1) is 8.27. The smallest absolute Gasteiger partial charge is 0.360 e. The van der Waals surface area contributed by atoms with Gasteiger partial charge in [0.2, 0.25) is 0 Å². The van der Waals surface area contributed by atoms with Gasteiger partial charge >= 0.3 is 5.97 Å². The van der Waals surface area contributed by atoms with E-state index in [1.807, 2.05) is 0 Å². The highest BCUT2D eigenvalue weighted by atomic mass is 16.5. The first-order valence-electron chi connectivity index (χ1n) is 6.09. The van der Waals surface area contributed by atoms with E-state index < -0.39 is 5.97 Å². The Hall–Kier alpha value is -1.43. The van der Waals surface area contributed by atoms with Crippen molar-refractivity contribution in [1.29, 1.82) is 0 Å². The average Bonchev–Trinajstić information content (AvgIpc) is 2.97. The van der Waals surface area contributed by atoms with Gasteiger partial charge in [0.05, 0.1) is 18.3 Å². The Morgan fingerprint density at radius 2 is 2.24 bits per heavy atom. The van der Waals surface area contributed by atoms with E-state index in [2.05, 4.69) is 10.3 Å². The SMILES string of the molecule is CCOC(=O)c1nnn(C2CCCC2)c1CN. The van der Waals surface area contributed by atoms with E-state index in [0.717, 1.165) is 12.8 Å². The minimum absolute atomic E-state index is 0.262. The Kier molecular flexibility index (Phi) is 3.73. The van der Waals surface area contributed by atoms with Crippen molar-refractivity contribution in [2.75, 3.05) is 6.61 Å². The monoisotopic (exact) mass is 238 g/mol. The van der Waals surface area contributed by atoms with Crippen molar-refractivity contribution < 1.29 is 9.53 Å². The van der Waals surface area contributed by atoms with E-state index in [-0.39, 0.29) is 12.2 Å². The molecule has 0 bridgehead atoms. The van der Waals surface area contributed by atoms with Crippen molar-refractivity contribution >= 4 is 5.97 Å². The molecule has 0 aromatic carbocycles. The molecular weight excluding hydrogens is 220 g/mol. The molecule has 0 unspecified atom stereocenters. The van der Waals surface area contributed by atoms with Crippen LogP contribution in [-0.4, -0.2) is 27.6 Å². The summed E-state index contributed by atoms with van der Waals surface area (Å²) in [5, 5.41) is 7.97. The maximum Gasteiger partial charge on any atom is 0.360 e. The molecule has 0 atom stereocenters. The zero-order valence-corrected chi connectivity index (χ0v) is 10.1. The highest BCUT2D eigenvalue weighted by Crippen LogP contribution is 2.30. The number of esters is 1. The number of aromatic nitrogens is 3. The molecule has 0 saturated heterocycles. The zero-order valence-electron chi connectivity index (χ0n) is 10.1. The Labute approximate surface area is 100 Å². The van der Waals surface area contributed by atoms with Crippen LogP contribution in [0, 0.1) is 0 Å². The van der Waals surface area contributed by atoms with Gasteiger partial charge in [0.15, 0.2) is 5.69 Å². The van der Waals surface area contributed by atoms with Crippen molar-refractivity contribution in [3.8, 4) is 0 Å². The molecule has 94 valence electrons. The molecule has 0 spiro atoms. The summed E-state index contributed by atoms with van der Waals surface area (Å²) in [5.41, 5.74) is 6.64. The summed E-state index contributed by atoms with van der Waals surface area (Å²) in [6.07, 6.45) is 4.56. The van der Waals surface area contributed by atoms with E-state index in [0.29, 0.717) is 18.3 Å². The molecule has 1 heterocycles. The first kappa shape index (κ1) is 12.0. The van der Waals surface area contributed by atoms with Crippen molar-refractivity contribution in [2.45, 2.75) is 45.2 Å². The molecule has 0 radical (unpaired) electrons. The molecule has 2 rings (SSSR count).